The van der Waals surface area contributed by atoms with Crippen molar-refractivity contribution in [3.63, 3.8) is 0 Å². The monoisotopic (exact) mass is 572 g/mol. The van der Waals surface area contributed by atoms with Crippen molar-refractivity contribution in [3.8, 4) is 5.75 Å². The lowest BCUT2D eigenvalue weighted by atomic mass is 9.96. The molecule has 3 heterocycles. The molecule has 1 fully saturated rings. The van der Waals surface area contributed by atoms with Gasteiger partial charge >= 0.3 is 0 Å². The fourth-order valence-electron chi connectivity index (χ4n) is 4.57. The fraction of sp³-hybridized carbons (Fsp3) is 0.296. The summed E-state index contributed by atoms with van der Waals surface area (Å²) in [4.78, 5) is 23.8. The summed E-state index contributed by atoms with van der Waals surface area (Å²) in [6, 6.07) is 11.6. The summed E-state index contributed by atoms with van der Waals surface area (Å²) < 4.78 is 61.2. The minimum atomic E-state index is -4.17. The van der Waals surface area contributed by atoms with E-state index in [4.69, 9.17) is 9.72 Å². The lowest BCUT2D eigenvalue weighted by Crippen LogP contribution is -2.44. The third-order valence-corrected chi connectivity index (χ3v) is 9.51. The van der Waals surface area contributed by atoms with E-state index in [0.717, 1.165) is 38.0 Å². The molecule has 4 aromatic rings. The van der Waals surface area contributed by atoms with E-state index < -0.39 is 32.5 Å². The number of carbonyl (C=O) groups excluding carboxylic acids is 1. The van der Waals surface area contributed by atoms with E-state index in [0.29, 0.717) is 17.8 Å². The second kappa shape index (κ2) is 11.3. The van der Waals surface area contributed by atoms with Gasteiger partial charge in [-0.05, 0) is 61.7 Å². The van der Waals surface area contributed by atoms with Crippen LogP contribution in [-0.2, 0) is 21.4 Å². The number of aromatic nitrogens is 2. The van der Waals surface area contributed by atoms with Crippen molar-refractivity contribution in [1.29, 1.82) is 0 Å². The van der Waals surface area contributed by atoms with Crippen LogP contribution in [0.3, 0.4) is 0 Å². The number of rotatable bonds is 8. The number of hydrogen-bond donors (Lipinski definition) is 0. The first kappa shape index (κ1) is 27.1. The number of fused-ring (bicyclic) bond motifs is 1. The molecule has 1 aliphatic rings. The summed E-state index contributed by atoms with van der Waals surface area (Å²) in [5.74, 6) is -1.91. The molecular formula is C27H26F2N4O4S2. The molecule has 1 amide bonds. The molecule has 1 saturated heterocycles. The number of hydrogen-bond acceptors (Lipinski definition) is 7. The third-order valence-electron chi connectivity index (χ3n) is 6.53. The van der Waals surface area contributed by atoms with Crippen LogP contribution in [0.1, 0.15) is 25.3 Å². The van der Waals surface area contributed by atoms with Gasteiger partial charge in [0.2, 0.25) is 15.9 Å². The highest BCUT2D eigenvalue weighted by Crippen LogP contribution is 2.35. The van der Waals surface area contributed by atoms with Crippen LogP contribution >= 0.6 is 11.3 Å². The number of carbonyl (C=O) groups is 1. The summed E-state index contributed by atoms with van der Waals surface area (Å²) in [6.07, 6.45) is 3.85. The van der Waals surface area contributed by atoms with Gasteiger partial charge in [0.15, 0.2) is 5.13 Å². The van der Waals surface area contributed by atoms with Crippen molar-refractivity contribution < 1.29 is 26.7 Å². The Morgan fingerprint density at radius 3 is 2.64 bits per heavy atom. The first-order valence-electron chi connectivity index (χ1n) is 12.4. The Labute approximate surface area is 228 Å². The molecule has 0 spiro atoms. The van der Waals surface area contributed by atoms with E-state index in [1.54, 1.807) is 23.4 Å². The molecule has 0 radical (unpaired) electrons. The Morgan fingerprint density at radius 1 is 1.15 bits per heavy atom. The Balaban J connectivity index is 1.37. The number of benzene rings is 2. The van der Waals surface area contributed by atoms with Crippen LogP contribution in [-0.4, -0.2) is 48.3 Å². The summed E-state index contributed by atoms with van der Waals surface area (Å²) in [5, 5.41) is 0.524. The van der Waals surface area contributed by atoms with Gasteiger partial charge in [0.05, 0.1) is 23.4 Å². The van der Waals surface area contributed by atoms with Gasteiger partial charge in [0, 0.05) is 37.5 Å². The van der Waals surface area contributed by atoms with E-state index in [1.165, 1.54) is 11.3 Å². The maximum absolute atomic E-state index is 14.2. The number of ether oxygens (including phenoxy) is 1. The Bertz CT molecular complexity index is 1590. The van der Waals surface area contributed by atoms with Crippen molar-refractivity contribution in [3.05, 3.63) is 78.1 Å². The number of anilines is 1. The second-order valence-electron chi connectivity index (χ2n) is 9.10. The van der Waals surface area contributed by atoms with Gasteiger partial charge in [-0.15, -0.1) is 0 Å². The summed E-state index contributed by atoms with van der Waals surface area (Å²) in [5.41, 5.74) is 1.57. The molecule has 0 saturated carbocycles. The van der Waals surface area contributed by atoms with Crippen LogP contribution in [0.5, 0.6) is 5.75 Å². The van der Waals surface area contributed by atoms with Crippen molar-refractivity contribution in [2.45, 2.75) is 31.2 Å². The third kappa shape index (κ3) is 5.77. The van der Waals surface area contributed by atoms with Gasteiger partial charge in [-0.3, -0.25) is 14.7 Å². The zero-order valence-corrected chi connectivity index (χ0v) is 22.7. The molecule has 8 nitrogen and oxygen atoms in total. The number of amides is 1. The lowest BCUT2D eigenvalue weighted by molar-refractivity contribution is -0.123. The highest BCUT2D eigenvalue weighted by Gasteiger charge is 2.36. The molecule has 0 N–H and O–H groups in total. The lowest BCUT2D eigenvalue weighted by Gasteiger charge is -2.33. The maximum Gasteiger partial charge on any atom is 0.245 e. The quantitative estimate of drug-likeness (QED) is 0.295. The van der Waals surface area contributed by atoms with Crippen molar-refractivity contribution in [1.82, 2.24) is 14.3 Å². The molecule has 0 aliphatic carbocycles. The standard InChI is InChI=1S/C27H26F2N4O4S2/c1-2-37-21-6-7-23-24(15-21)38-27(31-23)33(17-18-4-3-11-30-16-18)26(34)19-9-12-32(13-10-19)39(35,36)25-8-5-20(28)14-22(25)29/h3-8,11,14-16,19H,2,9-10,12-13,17H2,1H3. The van der Waals surface area contributed by atoms with Crippen LogP contribution in [0.4, 0.5) is 13.9 Å². The number of pyridine rings is 1. The summed E-state index contributed by atoms with van der Waals surface area (Å²) >= 11 is 1.38. The maximum atomic E-state index is 14.2. The molecule has 204 valence electrons. The Hall–Kier alpha value is -3.48. The van der Waals surface area contributed by atoms with Gasteiger partial charge in [0.25, 0.3) is 0 Å². The first-order valence-corrected chi connectivity index (χ1v) is 14.7. The van der Waals surface area contributed by atoms with Crippen LogP contribution in [0, 0.1) is 17.6 Å². The summed E-state index contributed by atoms with van der Waals surface area (Å²) in [7, 11) is -4.17. The smallest absolute Gasteiger partial charge is 0.245 e. The zero-order chi connectivity index (χ0) is 27.6. The van der Waals surface area contributed by atoms with E-state index in [-0.39, 0.29) is 38.4 Å². The van der Waals surface area contributed by atoms with E-state index in [1.807, 2.05) is 31.2 Å². The average molecular weight is 573 g/mol. The molecule has 0 bridgehead atoms. The molecule has 0 unspecified atom stereocenters. The van der Waals surface area contributed by atoms with Gasteiger partial charge in [-0.1, -0.05) is 17.4 Å². The van der Waals surface area contributed by atoms with Crippen molar-refractivity contribution in [2.75, 3.05) is 24.6 Å². The van der Waals surface area contributed by atoms with Crippen LogP contribution in [0.2, 0.25) is 0 Å². The number of piperidine rings is 1. The number of halogens is 2. The van der Waals surface area contributed by atoms with Gasteiger partial charge in [-0.2, -0.15) is 4.31 Å². The fourth-order valence-corrected chi connectivity index (χ4v) is 7.08. The minimum absolute atomic E-state index is 0.0356. The topological polar surface area (TPSA) is 92.7 Å². The van der Waals surface area contributed by atoms with Gasteiger partial charge < -0.3 is 4.74 Å². The molecule has 1 aliphatic heterocycles. The first-order chi connectivity index (χ1) is 18.8. The molecule has 0 atom stereocenters. The van der Waals surface area contributed by atoms with Crippen molar-refractivity contribution >= 4 is 42.6 Å². The number of sulfonamides is 1. The highest BCUT2D eigenvalue weighted by molar-refractivity contribution is 7.89. The van der Waals surface area contributed by atoms with Gasteiger partial charge in [0.1, 0.15) is 22.3 Å². The molecular weight excluding hydrogens is 546 g/mol. The van der Waals surface area contributed by atoms with Crippen LogP contribution in [0.15, 0.2) is 65.8 Å². The predicted molar refractivity (Wildman–Crippen MR) is 144 cm³/mol. The van der Waals surface area contributed by atoms with Crippen molar-refractivity contribution in [2.24, 2.45) is 5.92 Å². The SMILES string of the molecule is CCOc1ccc2nc(N(Cc3cccnc3)C(=O)C3CCN(S(=O)(=O)c4ccc(F)cc4F)CC3)sc2c1. The normalized spacial score (nSPS) is 14.9. The Kier molecular flexibility index (Phi) is 7.87. The largest absolute Gasteiger partial charge is 0.494 e. The highest BCUT2D eigenvalue weighted by atomic mass is 32.2. The number of nitrogens with zero attached hydrogens (tertiary/aromatic N) is 4. The summed E-state index contributed by atoms with van der Waals surface area (Å²) in [6.45, 7) is 2.76. The molecule has 5 rings (SSSR count). The minimum Gasteiger partial charge on any atom is -0.494 e. The van der Waals surface area contributed by atoms with E-state index in [2.05, 4.69) is 4.98 Å². The Morgan fingerprint density at radius 2 is 1.95 bits per heavy atom. The second-order valence-corrected chi connectivity index (χ2v) is 12.0. The van der Waals surface area contributed by atoms with Crippen LogP contribution < -0.4 is 9.64 Å². The molecule has 2 aromatic carbocycles. The zero-order valence-electron chi connectivity index (χ0n) is 21.1. The van der Waals surface area contributed by atoms with Crippen LogP contribution in [0.25, 0.3) is 10.2 Å². The average Bonchev–Trinajstić information content (AvgIpc) is 3.35. The van der Waals surface area contributed by atoms with Gasteiger partial charge in [-0.25, -0.2) is 22.2 Å². The predicted octanol–water partition coefficient (Wildman–Crippen LogP) is 5.00. The number of thiazole rings is 1. The molecule has 2 aromatic heterocycles. The molecule has 12 heteroatoms. The van der Waals surface area contributed by atoms with E-state index in [9.17, 15) is 22.0 Å². The molecule has 39 heavy (non-hydrogen) atoms. The van der Waals surface area contributed by atoms with E-state index >= 15 is 0 Å².